The molecule has 0 spiro atoms. The van der Waals surface area contributed by atoms with Gasteiger partial charge in [-0.15, -0.1) is 0 Å². The zero-order chi connectivity index (χ0) is 16.0. The Balaban J connectivity index is 1.82. The SMILES string of the molecule is CC(C)(CNC(=O)/C=C/c1ccc(Cl)cc1)N1CCOCC1. The lowest BCUT2D eigenvalue weighted by Crippen LogP contribution is -2.55. The summed E-state index contributed by atoms with van der Waals surface area (Å²) >= 11 is 5.83. The maximum atomic E-state index is 11.9. The molecule has 4 nitrogen and oxygen atoms in total. The van der Waals surface area contributed by atoms with Gasteiger partial charge in [0.2, 0.25) is 5.91 Å². The smallest absolute Gasteiger partial charge is 0.244 e. The van der Waals surface area contributed by atoms with Gasteiger partial charge in [0.15, 0.2) is 0 Å². The normalized spacial score (nSPS) is 16.9. The minimum Gasteiger partial charge on any atom is -0.379 e. The van der Waals surface area contributed by atoms with Gasteiger partial charge in [0.25, 0.3) is 0 Å². The molecule has 0 atom stereocenters. The van der Waals surface area contributed by atoms with Gasteiger partial charge in [-0.1, -0.05) is 23.7 Å². The summed E-state index contributed by atoms with van der Waals surface area (Å²) in [5.74, 6) is -0.0868. The van der Waals surface area contributed by atoms with Crippen LogP contribution in [0.3, 0.4) is 0 Å². The highest BCUT2D eigenvalue weighted by Crippen LogP contribution is 2.15. The third kappa shape index (κ3) is 5.13. The standard InChI is InChI=1S/C17H23ClN2O2/c1-17(2,20-9-11-22-12-10-20)13-19-16(21)8-5-14-3-6-15(18)7-4-14/h3-8H,9-13H2,1-2H3,(H,19,21)/b8-5+. The average Bonchev–Trinajstić information content (AvgIpc) is 2.53. The van der Waals surface area contributed by atoms with Gasteiger partial charge in [0, 0.05) is 36.3 Å². The topological polar surface area (TPSA) is 41.6 Å². The lowest BCUT2D eigenvalue weighted by Gasteiger charge is -2.40. The van der Waals surface area contributed by atoms with Crippen molar-refractivity contribution in [3.05, 3.63) is 40.9 Å². The van der Waals surface area contributed by atoms with Crippen LogP contribution in [0, 0.1) is 0 Å². The number of nitrogens with zero attached hydrogens (tertiary/aromatic N) is 1. The predicted octanol–water partition coefficient (Wildman–Crippen LogP) is 2.58. The van der Waals surface area contributed by atoms with Crippen LogP contribution < -0.4 is 5.32 Å². The Labute approximate surface area is 137 Å². The maximum Gasteiger partial charge on any atom is 0.244 e. The first-order valence-electron chi connectivity index (χ1n) is 7.52. The average molecular weight is 323 g/mol. The first-order chi connectivity index (χ1) is 10.5. The van der Waals surface area contributed by atoms with E-state index in [4.69, 9.17) is 16.3 Å². The first-order valence-corrected chi connectivity index (χ1v) is 7.89. The van der Waals surface area contributed by atoms with Crippen molar-refractivity contribution in [2.24, 2.45) is 0 Å². The maximum absolute atomic E-state index is 11.9. The van der Waals surface area contributed by atoms with Crippen LogP contribution in [0.4, 0.5) is 0 Å². The Bertz CT molecular complexity index is 520. The number of carbonyl (C=O) groups is 1. The quantitative estimate of drug-likeness (QED) is 0.847. The minimum atomic E-state index is -0.0868. The van der Waals surface area contributed by atoms with Crippen LogP contribution in [0.25, 0.3) is 6.08 Å². The summed E-state index contributed by atoms with van der Waals surface area (Å²) in [5, 5.41) is 3.66. The number of halogens is 1. The van der Waals surface area contributed by atoms with Gasteiger partial charge in [-0.25, -0.2) is 0 Å². The van der Waals surface area contributed by atoms with Crippen LogP contribution >= 0.6 is 11.6 Å². The third-order valence-electron chi connectivity index (χ3n) is 3.86. The fourth-order valence-electron chi connectivity index (χ4n) is 2.39. The summed E-state index contributed by atoms with van der Waals surface area (Å²) < 4.78 is 5.37. The molecular weight excluding hydrogens is 300 g/mol. The molecule has 1 saturated heterocycles. The molecule has 1 N–H and O–H groups in total. The third-order valence-corrected chi connectivity index (χ3v) is 4.11. The number of hydrogen-bond donors (Lipinski definition) is 1. The van der Waals surface area contributed by atoms with Gasteiger partial charge in [-0.2, -0.15) is 0 Å². The Morgan fingerprint density at radius 2 is 1.95 bits per heavy atom. The van der Waals surface area contributed by atoms with Crippen LogP contribution in [0.15, 0.2) is 30.3 Å². The summed E-state index contributed by atoms with van der Waals surface area (Å²) in [4.78, 5) is 14.3. The molecule has 0 saturated carbocycles. The second kappa shape index (κ2) is 7.77. The molecule has 0 aliphatic carbocycles. The van der Waals surface area contributed by atoms with E-state index in [0.29, 0.717) is 11.6 Å². The predicted molar refractivity (Wildman–Crippen MR) is 90.0 cm³/mol. The molecule has 1 aromatic carbocycles. The van der Waals surface area contributed by atoms with E-state index in [2.05, 4.69) is 24.1 Å². The highest BCUT2D eigenvalue weighted by molar-refractivity contribution is 6.30. The van der Waals surface area contributed by atoms with Crippen LogP contribution in [0.1, 0.15) is 19.4 Å². The van der Waals surface area contributed by atoms with Gasteiger partial charge < -0.3 is 10.1 Å². The monoisotopic (exact) mass is 322 g/mol. The number of carbonyl (C=O) groups excluding carboxylic acids is 1. The van der Waals surface area contributed by atoms with Crippen molar-refractivity contribution in [2.45, 2.75) is 19.4 Å². The van der Waals surface area contributed by atoms with Gasteiger partial charge in [-0.3, -0.25) is 9.69 Å². The Hall–Kier alpha value is -1.36. The molecule has 22 heavy (non-hydrogen) atoms. The Morgan fingerprint density at radius 3 is 2.59 bits per heavy atom. The Kier molecular flexibility index (Phi) is 6.00. The van der Waals surface area contributed by atoms with Crippen molar-refractivity contribution in [2.75, 3.05) is 32.8 Å². The van der Waals surface area contributed by atoms with E-state index in [1.54, 1.807) is 24.3 Å². The minimum absolute atomic E-state index is 0.0758. The van der Waals surface area contributed by atoms with E-state index in [9.17, 15) is 4.79 Å². The van der Waals surface area contributed by atoms with E-state index >= 15 is 0 Å². The van der Waals surface area contributed by atoms with E-state index in [1.165, 1.54) is 0 Å². The molecule has 1 fully saturated rings. The number of morpholine rings is 1. The highest BCUT2D eigenvalue weighted by atomic mass is 35.5. The van der Waals surface area contributed by atoms with Crippen molar-refractivity contribution < 1.29 is 9.53 Å². The molecule has 0 aromatic heterocycles. The second-order valence-corrected chi connectivity index (χ2v) is 6.45. The van der Waals surface area contributed by atoms with Crippen LogP contribution in [0.5, 0.6) is 0 Å². The molecule has 0 bridgehead atoms. The molecule has 0 unspecified atom stereocenters. The van der Waals surface area contributed by atoms with Crippen molar-refractivity contribution in [1.29, 1.82) is 0 Å². The second-order valence-electron chi connectivity index (χ2n) is 6.01. The number of amides is 1. The van der Waals surface area contributed by atoms with Crippen molar-refractivity contribution in [3.8, 4) is 0 Å². The lowest BCUT2D eigenvalue weighted by atomic mass is 10.0. The zero-order valence-electron chi connectivity index (χ0n) is 13.1. The fourth-order valence-corrected chi connectivity index (χ4v) is 2.51. The number of rotatable bonds is 5. The number of ether oxygens (including phenoxy) is 1. The van der Waals surface area contributed by atoms with Gasteiger partial charge in [0.05, 0.1) is 13.2 Å². The van der Waals surface area contributed by atoms with Crippen molar-refractivity contribution >= 4 is 23.6 Å². The van der Waals surface area contributed by atoms with Crippen molar-refractivity contribution in [1.82, 2.24) is 10.2 Å². The molecule has 120 valence electrons. The Morgan fingerprint density at radius 1 is 1.32 bits per heavy atom. The number of nitrogens with one attached hydrogen (secondary N) is 1. The summed E-state index contributed by atoms with van der Waals surface area (Å²) in [6, 6.07) is 7.37. The van der Waals surface area contributed by atoms with Crippen LogP contribution in [0.2, 0.25) is 5.02 Å². The van der Waals surface area contributed by atoms with Crippen LogP contribution in [-0.4, -0.2) is 49.2 Å². The molecule has 1 amide bonds. The molecule has 1 aliphatic heterocycles. The summed E-state index contributed by atoms with van der Waals surface area (Å²) in [7, 11) is 0. The fraction of sp³-hybridized carbons (Fsp3) is 0.471. The van der Waals surface area contributed by atoms with Gasteiger partial charge >= 0.3 is 0 Å². The number of benzene rings is 1. The summed E-state index contributed by atoms with van der Waals surface area (Å²) in [6.45, 7) is 8.22. The van der Waals surface area contributed by atoms with Crippen LogP contribution in [-0.2, 0) is 9.53 Å². The van der Waals surface area contributed by atoms with E-state index in [0.717, 1.165) is 31.9 Å². The molecule has 2 rings (SSSR count). The van der Waals surface area contributed by atoms with Gasteiger partial charge in [-0.05, 0) is 37.6 Å². The zero-order valence-corrected chi connectivity index (χ0v) is 13.9. The molecular formula is C17H23ClN2O2. The van der Waals surface area contributed by atoms with E-state index in [-0.39, 0.29) is 11.4 Å². The molecule has 1 aromatic rings. The van der Waals surface area contributed by atoms with Gasteiger partial charge in [0.1, 0.15) is 0 Å². The molecule has 5 heteroatoms. The molecule has 0 radical (unpaired) electrons. The van der Waals surface area contributed by atoms with E-state index < -0.39 is 0 Å². The summed E-state index contributed by atoms with van der Waals surface area (Å²) in [6.07, 6.45) is 3.34. The lowest BCUT2D eigenvalue weighted by molar-refractivity contribution is -0.117. The molecule has 1 aliphatic rings. The highest BCUT2D eigenvalue weighted by Gasteiger charge is 2.28. The largest absolute Gasteiger partial charge is 0.379 e. The van der Waals surface area contributed by atoms with E-state index in [1.807, 2.05) is 12.1 Å². The molecule has 1 heterocycles. The number of hydrogen-bond acceptors (Lipinski definition) is 3. The first kappa shape index (κ1) is 17.0. The van der Waals surface area contributed by atoms with Crippen molar-refractivity contribution in [3.63, 3.8) is 0 Å². The summed E-state index contributed by atoms with van der Waals surface area (Å²) in [5.41, 5.74) is 0.875.